The van der Waals surface area contributed by atoms with Gasteiger partial charge in [0, 0.05) is 27.2 Å². The molecule has 2 unspecified atom stereocenters. The van der Waals surface area contributed by atoms with Gasteiger partial charge in [0.05, 0.1) is 25.9 Å². The summed E-state index contributed by atoms with van der Waals surface area (Å²) in [4.78, 5) is 13.3. The van der Waals surface area contributed by atoms with Gasteiger partial charge in [0.15, 0.2) is 6.29 Å². The number of phosphoric ester groups is 1. The van der Waals surface area contributed by atoms with Gasteiger partial charge in [0.25, 0.3) is 0 Å². The number of aliphatic hydroxyl groups excluding tert-OH is 1. The molecule has 6 atom stereocenters. The van der Waals surface area contributed by atoms with E-state index in [0.29, 0.717) is 12.8 Å². The highest BCUT2D eigenvalue weighted by Crippen LogP contribution is 2.52. The number of carbonyl (C=O) groups is 1. The first-order valence-corrected chi connectivity index (χ1v) is 22.5. The highest BCUT2D eigenvalue weighted by atomic mass is 31.2. The Labute approximate surface area is 328 Å². The van der Waals surface area contributed by atoms with E-state index in [2.05, 4.69) is 44.5 Å². The number of rotatable bonds is 37. The van der Waals surface area contributed by atoms with Gasteiger partial charge in [0.1, 0.15) is 24.4 Å². The lowest BCUT2D eigenvalue weighted by Gasteiger charge is -2.45. The molecule has 1 aliphatic heterocycles. The van der Waals surface area contributed by atoms with E-state index in [0.717, 1.165) is 51.4 Å². The number of amides is 1. The maximum Gasteiger partial charge on any atom is 0.475 e. The lowest BCUT2D eigenvalue weighted by Crippen LogP contribution is -2.65. The van der Waals surface area contributed by atoms with E-state index in [4.69, 9.17) is 32.5 Å². The minimum Gasteiger partial charge on any atom is -0.382 e. The Morgan fingerprint density at radius 2 is 1.35 bits per heavy atom. The van der Waals surface area contributed by atoms with Gasteiger partial charge in [-0.1, -0.05) is 122 Å². The number of nitrogens with one attached hydrogen (secondary N) is 1. The molecule has 11 nitrogen and oxygen atoms in total. The molecule has 1 fully saturated rings. The van der Waals surface area contributed by atoms with Gasteiger partial charge in [0.2, 0.25) is 5.91 Å². The molecule has 0 aliphatic carbocycles. The standard InChI is InChI=1S/C42H78NO10P/c1-7-11-13-15-16-17-18-19-20-21-22-23-24-26-28-30-38(44)43-39-41(49-34-31-36(48-6)29-27-25-14-12-8-2)40(37(35-47-5)52-42(39)45)53-54(46,50-32-9-3)51-33-10-4/h9-10,17-18,36-37,39-42,45H,3-4,7-8,11-16,19-35H2,1-2,5-6H3,(H,43,44)/t36-,37-,39-,40?,41-,42?/m1/s1. The van der Waals surface area contributed by atoms with E-state index in [1.165, 1.54) is 89.9 Å². The topological polar surface area (TPSA) is 131 Å². The third-order valence-electron chi connectivity index (χ3n) is 9.65. The molecule has 0 bridgehead atoms. The molecule has 0 aromatic carbocycles. The molecular formula is C42H78NO10P. The SMILES string of the molecule is C=CCOP(=O)(OCC=C)OC1[C@@H](COC)OC(O)[C@H](NC(=O)CCCCCCCCCC=CCCCCCC)[C@H]1OCC[C@@H](CCCCCCC)OC. The summed E-state index contributed by atoms with van der Waals surface area (Å²) in [6.07, 6.45) is 25.7. The lowest BCUT2D eigenvalue weighted by molar-refractivity contribution is -0.261. The summed E-state index contributed by atoms with van der Waals surface area (Å²) in [6, 6.07) is -1.02. The summed E-state index contributed by atoms with van der Waals surface area (Å²) in [7, 11) is -1.03. The Bertz CT molecular complexity index is 998. The highest BCUT2D eigenvalue weighted by molar-refractivity contribution is 7.48. The van der Waals surface area contributed by atoms with Crippen LogP contribution in [0.4, 0.5) is 0 Å². The molecule has 12 heteroatoms. The Balaban J connectivity index is 2.86. The molecule has 1 aliphatic rings. The van der Waals surface area contributed by atoms with Crippen LogP contribution in [-0.2, 0) is 41.9 Å². The van der Waals surface area contributed by atoms with E-state index in [1.54, 1.807) is 7.11 Å². The number of ether oxygens (including phenoxy) is 4. The van der Waals surface area contributed by atoms with Crippen LogP contribution in [0.2, 0.25) is 0 Å². The largest absolute Gasteiger partial charge is 0.475 e. The van der Waals surface area contributed by atoms with Crippen molar-refractivity contribution in [1.29, 1.82) is 0 Å². The molecule has 54 heavy (non-hydrogen) atoms. The molecule has 0 aromatic heterocycles. The molecule has 1 rings (SSSR count). The number of hydrogen-bond donors (Lipinski definition) is 2. The zero-order chi connectivity index (χ0) is 39.7. The predicted octanol–water partition coefficient (Wildman–Crippen LogP) is 9.92. The monoisotopic (exact) mass is 788 g/mol. The van der Waals surface area contributed by atoms with Crippen molar-refractivity contribution in [2.24, 2.45) is 0 Å². The van der Waals surface area contributed by atoms with Gasteiger partial charge in [-0.05, 0) is 44.9 Å². The maximum atomic E-state index is 13.8. The van der Waals surface area contributed by atoms with Crippen molar-refractivity contribution >= 4 is 13.7 Å². The molecule has 1 heterocycles. The fourth-order valence-electron chi connectivity index (χ4n) is 6.54. The van der Waals surface area contributed by atoms with E-state index in [-0.39, 0.29) is 38.4 Å². The lowest BCUT2D eigenvalue weighted by atomic mass is 9.96. The second kappa shape index (κ2) is 33.7. The van der Waals surface area contributed by atoms with Crippen LogP contribution in [0.5, 0.6) is 0 Å². The third kappa shape index (κ3) is 23.6. The molecule has 1 saturated heterocycles. The van der Waals surface area contributed by atoms with Gasteiger partial charge >= 0.3 is 7.82 Å². The fourth-order valence-corrected chi connectivity index (χ4v) is 7.86. The summed E-state index contributed by atoms with van der Waals surface area (Å²) in [6.45, 7) is 11.7. The molecule has 0 spiro atoms. The quantitative estimate of drug-likeness (QED) is 0.0356. The Kier molecular flexibility index (Phi) is 31.6. The number of hydrogen-bond acceptors (Lipinski definition) is 10. The van der Waals surface area contributed by atoms with E-state index < -0.39 is 38.5 Å². The average Bonchev–Trinajstić information content (AvgIpc) is 3.16. The van der Waals surface area contributed by atoms with Crippen molar-refractivity contribution in [3.63, 3.8) is 0 Å². The molecule has 1 amide bonds. The Hall–Kier alpha value is -1.40. The smallest absolute Gasteiger partial charge is 0.382 e. The summed E-state index contributed by atoms with van der Waals surface area (Å²) in [5.74, 6) is -0.238. The third-order valence-corrected chi connectivity index (χ3v) is 11.1. The molecule has 2 N–H and O–H groups in total. The number of phosphoric acid groups is 1. The van der Waals surface area contributed by atoms with Gasteiger partial charge in [-0.15, -0.1) is 13.2 Å². The van der Waals surface area contributed by atoms with Crippen molar-refractivity contribution in [3.8, 4) is 0 Å². The van der Waals surface area contributed by atoms with Crippen molar-refractivity contribution in [2.45, 2.75) is 185 Å². The minimum absolute atomic E-state index is 0.0144. The van der Waals surface area contributed by atoms with Crippen LogP contribution in [-0.4, -0.2) is 88.4 Å². The first kappa shape index (κ1) is 50.6. The van der Waals surface area contributed by atoms with Crippen LogP contribution in [0, 0.1) is 0 Å². The van der Waals surface area contributed by atoms with Crippen LogP contribution in [0.25, 0.3) is 0 Å². The number of unbranched alkanes of at least 4 members (excludes halogenated alkanes) is 15. The molecule has 316 valence electrons. The van der Waals surface area contributed by atoms with Gasteiger partial charge in [-0.3, -0.25) is 18.4 Å². The molecular weight excluding hydrogens is 709 g/mol. The van der Waals surface area contributed by atoms with Crippen LogP contribution >= 0.6 is 7.82 Å². The summed E-state index contributed by atoms with van der Waals surface area (Å²) in [5.41, 5.74) is 0. The second-order valence-electron chi connectivity index (χ2n) is 14.3. The van der Waals surface area contributed by atoms with Crippen LogP contribution < -0.4 is 5.32 Å². The van der Waals surface area contributed by atoms with E-state index in [9.17, 15) is 14.5 Å². The zero-order valence-electron chi connectivity index (χ0n) is 34.4. The number of allylic oxidation sites excluding steroid dienone is 2. The Morgan fingerprint density at radius 1 is 0.796 bits per heavy atom. The molecule has 0 aromatic rings. The van der Waals surface area contributed by atoms with Crippen LogP contribution in [0.15, 0.2) is 37.5 Å². The zero-order valence-corrected chi connectivity index (χ0v) is 35.3. The van der Waals surface area contributed by atoms with E-state index >= 15 is 0 Å². The van der Waals surface area contributed by atoms with Gasteiger partial charge in [-0.25, -0.2) is 4.57 Å². The normalized spacial score (nSPS) is 21.0. The van der Waals surface area contributed by atoms with Crippen LogP contribution in [0.1, 0.15) is 149 Å². The van der Waals surface area contributed by atoms with Crippen molar-refractivity contribution < 1.29 is 47.0 Å². The second-order valence-corrected chi connectivity index (χ2v) is 15.9. The maximum absolute atomic E-state index is 13.8. The van der Waals surface area contributed by atoms with Crippen LogP contribution in [0.3, 0.4) is 0 Å². The fraction of sp³-hybridized carbons (Fsp3) is 0.833. The van der Waals surface area contributed by atoms with Crippen molar-refractivity contribution in [2.75, 3.05) is 40.6 Å². The van der Waals surface area contributed by atoms with Crippen molar-refractivity contribution in [3.05, 3.63) is 37.5 Å². The van der Waals surface area contributed by atoms with Gasteiger partial charge in [-0.2, -0.15) is 0 Å². The molecule has 0 saturated carbocycles. The van der Waals surface area contributed by atoms with E-state index in [1.807, 2.05) is 0 Å². The van der Waals surface area contributed by atoms with Crippen molar-refractivity contribution in [1.82, 2.24) is 5.32 Å². The first-order chi connectivity index (χ1) is 26.3. The predicted molar refractivity (Wildman–Crippen MR) is 217 cm³/mol. The van der Waals surface area contributed by atoms with Gasteiger partial charge < -0.3 is 29.4 Å². The summed E-state index contributed by atoms with van der Waals surface area (Å²) in [5, 5.41) is 14.2. The highest BCUT2D eigenvalue weighted by Gasteiger charge is 2.51. The molecule has 0 radical (unpaired) electrons. The minimum atomic E-state index is -4.21. The number of carbonyl (C=O) groups excluding carboxylic acids is 1. The number of methoxy groups -OCH3 is 2. The summed E-state index contributed by atoms with van der Waals surface area (Å²) < 4.78 is 54.4. The average molecular weight is 788 g/mol. The Morgan fingerprint density at radius 3 is 1.93 bits per heavy atom. The first-order valence-electron chi connectivity index (χ1n) is 21.0. The number of aliphatic hydroxyl groups is 1. The summed E-state index contributed by atoms with van der Waals surface area (Å²) >= 11 is 0.